The number of carbonyl (C=O) groups is 2. The fraction of sp³-hybridized carbons (Fsp3) is 0.833. The van der Waals surface area contributed by atoms with Crippen LogP contribution >= 0.6 is 0 Å². The molecular formula is C12H22O4Si. The standard InChI is InChI=1S/C12H22O4Si/c1-12(8-17(3,4)5)6-9(12)11(14)16-7-10(13)15-2/h9H,6-8H2,1-5H3/t9-,12-/m0/s1. The van der Waals surface area contributed by atoms with E-state index in [1.807, 2.05) is 0 Å². The highest BCUT2D eigenvalue weighted by atomic mass is 28.3. The molecule has 0 amide bonds. The van der Waals surface area contributed by atoms with Crippen LogP contribution in [0.4, 0.5) is 0 Å². The largest absolute Gasteiger partial charge is 0.466 e. The summed E-state index contributed by atoms with van der Waals surface area (Å²) in [7, 11) is 0.112. The molecule has 1 saturated carbocycles. The lowest BCUT2D eigenvalue weighted by atomic mass is 10.1. The Morgan fingerprint density at radius 3 is 2.41 bits per heavy atom. The van der Waals surface area contributed by atoms with Crippen molar-refractivity contribution in [3.63, 3.8) is 0 Å². The second-order valence-corrected chi connectivity index (χ2v) is 11.8. The molecule has 1 aliphatic carbocycles. The molecule has 0 spiro atoms. The summed E-state index contributed by atoms with van der Waals surface area (Å²) in [6.07, 6.45) is 0.886. The van der Waals surface area contributed by atoms with Gasteiger partial charge in [-0.1, -0.05) is 32.6 Å². The van der Waals surface area contributed by atoms with Gasteiger partial charge < -0.3 is 9.47 Å². The van der Waals surface area contributed by atoms with Gasteiger partial charge in [0, 0.05) is 8.07 Å². The maximum absolute atomic E-state index is 11.7. The average Bonchev–Trinajstić information content (AvgIpc) is 2.82. The monoisotopic (exact) mass is 258 g/mol. The lowest BCUT2D eigenvalue weighted by Crippen LogP contribution is -2.26. The Hall–Kier alpha value is -0.843. The summed E-state index contributed by atoms with van der Waals surface area (Å²) in [5, 5.41) is 0. The molecule has 0 aromatic heterocycles. The first kappa shape index (κ1) is 14.2. The maximum atomic E-state index is 11.7. The van der Waals surface area contributed by atoms with E-state index in [1.54, 1.807) is 0 Å². The molecule has 98 valence electrons. The zero-order valence-corrected chi connectivity index (χ0v) is 12.3. The molecule has 17 heavy (non-hydrogen) atoms. The normalized spacial score (nSPS) is 27.5. The van der Waals surface area contributed by atoms with E-state index in [0.29, 0.717) is 0 Å². The van der Waals surface area contributed by atoms with Crippen LogP contribution < -0.4 is 0 Å². The lowest BCUT2D eigenvalue weighted by Gasteiger charge is -2.21. The van der Waals surface area contributed by atoms with E-state index in [2.05, 4.69) is 31.3 Å². The van der Waals surface area contributed by atoms with Crippen LogP contribution in [0, 0.1) is 11.3 Å². The van der Waals surface area contributed by atoms with Crippen molar-refractivity contribution in [3.8, 4) is 0 Å². The number of esters is 2. The summed E-state index contributed by atoms with van der Waals surface area (Å²) >= 11 is 0. The fourth-order valence-electron chi connectivity index (χ4n) is 2.47. The van der Waals surface area contributed by atoms with Crippen LogP contribution in [0.15, 0.2) is 0 Å². The molecule has 0 unspecified atom stereocenters. The second-order valence-electron chi connectivity index (χ2n) is 6.33. The molecule has 0 aromatic rings. The molecule has 0 bridgehead atoms. The highest BCUT2D eigenvalue weighted by molar-refractivity contribution is 6.76. The minimum absolute atomic E-state index is 0.0288. The number of methoxy groups -OCH3 is 1. The minimum atomic E-state index is -1.17. The number of carbonyl (C=O) groups excluding carboxylic acids is 2. The quantitative estimate of drug-likeness (QED) is 0.559. The van der Waals surface area contributed by atoms with Crippen LogP contribution in [-0.4, -0.2) is 33.7 Å². The van der Waals surface area contributed by atoms with Crippen molar-refractivity contribution in [3.05, 3.63) is 0 Å². The number of ether oxygens (including phenoxy) is 2. The van der Waals surface area contributed by atoms with Gasteiger partial charge in [0.2, 0.25) is 0 Å². The molecule has 0 N–H and O–H groups in total. The first-order valence-corrected chi connectivity index (χ1v) is 9.62. The predicted octanol–water partition coefficient (Wildman–Crippen LogP) is 2.07. The van der Waals surface area contributed by atoms with Crippen molar-refractivity contribution in [1.29, 1.82) is 0 Å². The second kappa shape index (κ2) is 4.80. The highest BCUT2D eigenvalue weighted by Gasteiger charge is 2.56. The Labute approximate surface area is 104 Å². The van der Waals surface area contributed by atoms with Gasteiger partial charge in [-0.25, -0.2) is 4.79 Å². The molecule has 5 heteroatoms. The van der Waals surface area contributed by atoms with Gasteiger partial charge in [0.15, 0.2) is 6.61 Å². The molecule has 0 heterocycles. The lowest BCUT2D eigenvalue weighted by molar-refractivity contribution is -0.158. The van der Waals surface area contributed by atoms with E-state index in [0.717, 1.165) is 12.5 Å². The topological polar surface area (TPSA) is 52.6 Å². The van der Waals surface area contributed by atoms with Crippen LogP contribution in [0.5, 0.6) is 0 Å². The van der Waals surface area contributed by atoms with Gasteiger partial charge in [-0.3, -0.25) is 4.79 Å². The molecule has 0 radical (unpaired) electrons. The number of hydrogen-bond acceptors (Lipinski definition) is 4. The Balaban J connectivity index is 2.40. The molecule has 2 atom stereocenters. The zero-order chi connectivity index (χ0) is 13.3. The fourth-order valence-corrected chi connectivity index (χ4v) is 5.29. The van der Waals surface area contributed by atoms with E-state index < -0.39 is 14.0 Å². The molecule has 4 nitrogen and oxygen atoms in total. The maximum Gasteiger partial charge on any atom is 0.344 e. The summed E-state index contributed by atoms with van der Waals surface area (Å²) < 4.78 is 9.35. The van der Waals surface area contributed by atoms with Crippen LogP contribution in [0.2, 0.25) is 25.7 Å². The Morgan fingerprint density at radius 2 is 1.94 bits per heavy atom. The predicted molar refractivity (Wildman–Crippen MR) is 67.3 cm³/mol. The smallest absolute Gasteiger partial charge is 0.344 e. The Bertz CT molecular complexity index is 321. The van der Waals surface area contributed by atoms with Gasteiger partial charge >= 0.3 is 11.9 Å². The highest BCUT2D eigenvalue weighted by Crippen LogP contribution is 2.57. The molecule has 0 aliphatic heterocycles. The molecule has 0 aromatic carbocycles. The van der Waals surface area contributed by atoms with Crippen LogP contribution in [0.1, 0.15) is 13.3 Å². The minimum Gasteiger partial charge on any atom is -0.466 e. The van der Waals surface area contributed by atoms with Crippen molar-refractivity contribution in [2.75, 3.05) is 13.7 Å². The van der Waals surface area contributed by atoms with Crippen molar-refractivity contribution in [1.82, 2.24) is 0 Å². The summed E-state index contributed by atoms with van der Waals surface area (Å²) in [5.74, 6) is -0.791. The SMILES string of the molecule is COC(=O)COC(=O)[C@@H]1C[C@@]1(C)C[Si](C)(C)C. The number of hydrogen-bond donors (Lipinski definition) is 0. The van der Waals surface area contributed by atoms with Gasteiger partial charge in [0.05, 0.1) is 13.0 Å². The third kappa shape index (κ3) is 4.15. The van der Waals surface area contributed by atoms with Gasteiger partial charge in [0.1, 0.15) is 0 Å². The molecule has 1 fully saturated rings. The van der Waals surface area contributed by atoms with Gasteiger partial charge in [-0.15, -0.1) is 0 Å². The van der Waals surface area contributed by atoms with Crippen molar-refractivity contribution < 1.29 is 19.1 Å². The first-order valence-electron chi connectivity index (χ1n) is 5.91. The van der Waals surface area contributed by atoms with Crippen molar-refractivity contribution >= 4 is 20.0 Å². The van der Waals surface area contributed by atoms with Crippen molar-refractivity contribution in [2.45, 2.75) is 39.0 Å². The van der Waals surface area contributed by atoms with Crippen LogP contribution in [0.25, 0.3) is 0 Å². The van der Waals surface area contributed by atoms with Gasteiger partial charge in [-0.05, 0) is 11.8 Å². The molecular weight excluding hydrogens is 236 g/mol. The van der Waals surface area contributed by atoms with E-state index in [-0.39, 0.29) is 23.9 Å². The summed E-state index contributed by atoms with van der Waals surface area (Å²) in [5.41, 5.74) is 0.0949. The molecule has 1 aliphatic rings. The molecule has 1 rings (SSSR count). The third-order valence-electron chi connectivity index (χ3n) is 3.13. The Morgan fingerprint density at radius 1 is 1.35 bits per heavy atom. The first-order chi connectivity index (χ1) is 7.68. The molecule has 0 saturated heterocycles. The summed E-state index contributed by atoms with van der Waals surface area (Å²) in [6, 6.07) is 1.12. The van der Waals surface area contributed by atoms with Crippen LogP contribution in [-0.2, 0) is 19.1 Å². The zero-order valence-electron chi connectivity index (χ0n) is 11.3. The van der Waals surface area contributed by atoms with E-state index in [4.69, 9.17) is 4.74 Å². The number of rotatable bonds is 5. The summed E-state index contributed by atoms with van der Waals surface area (Å²) in [6.45, 7) is 8.76. The van der Waals surface area contributed by atoms with Gasteiger partial charge in [-0.2, -0.15) is 0 Å². The van der Waals surface area contributed by atoms with Gasteiger partial charge in [0.25, 0.3) is 0 Å². The van der Waals surface area contributed by atoms with E-state index >= 15 is 0 Å². The average molecular weight is 258 g/mol. The third-order valence-corrected chi connectivity index (χ3v) is 5.00. The van der Waals surface area contributed by atoms with E-state index in [1.165, 1.54) is 7.11 Å². The van der Waals surface area contributed by atoms with Crippen molar-refractivity contribution in [2.24, 2.45) is 11.3 Å². The van der Waals surface area contributed by atoms with Crippen LogP contribution in [0.3, 0.4) is 0 Å². The Kier molecular flexibility index (Phi) is 4.01. The summed E-state index contributed by atoms with van der Waals surface area (Å²) in [4.78, 5) is 22.6. The van der Waals surface area contributed by atoms with E-state index in [9.17, 15) is 9.59 Å².